The van der Waals surface area contributed by atoms with Gasteiger partial charge in [0.2, 0.25) is 0 Å². The number of urea groups is 1. The first-order valence-corrected chi connectivity index (χ1v) is 7.74. The third-order valence-electron chi connectivity index (χ3n) is 3.37. The van der Waals surface area contributed by atoms with Crippen LogP contribution in [0.25, 0.3) is 0 Å². The van der Waals surface area contributed by atoms with E-state index in [1.54, 1.807) is 19.3 Å². The van der Waals surface area contributed by atoms with Gasteiger partial charge in [0.1, 0.15) is 5.75 Å². The number of benzene rings is 1. The Bertz CT molecular complexity index is 612. The number of nitrogens with one attached hydrogen (secondary N) is 2. The average Bonchev–Trinajstić information content (AvgIpc) is 2.54. The highest BCUT2D eigenvalue weighted by Gasteiger charge is 2.08. The average molecular weight is 313 g/mol. The van der Waals surface area contributed by atoms with Gasteiger partial charge in [0.05, 0.1) is 0 Å². The topological polar surface area (TPSA) is 63.2 Å². The maximum absolute atomic E-state index is 11.8. The van der Waals surface area contributed by atoms with Gasteiger partial charge in [0.15, 0.2) is 6.23 Å². The Morgan fingerprint density at radius 2 is 1.91 bits per heavy atom. The predicted octanol–water partition coefficient (Wildman–Crippen LogP) is 3.43. The SMILES string of the molecule is CC(NC(=O)NCc1cccnc1)Oc1ccc(C(C)C)cc1. The van der Waals surface area contributed by atoms with Crippen LogP contribution < -0.4 is 15.4 Å². The monoisotopic (exact) mass is 313 g/mol. The van der Waals surface area contributed by atoms with Gasteiger partial charge in [-0.25, -0.2) is 4.79 Å². The Morgan fingerprint density at radius 1 is 1.17 bits per heavy atom. The fourth-order valence-electron chi connectivity index (χ4n) is 2.09. The predicted molar refractivity (Wildman–Crippen MR) is 90.2 cm³/mol. The van der Waals surface area contributed by atoms with Crippen LogP contribution >= 0.6 is 0 Å². The van der Waals surface area contributed by atoms with E-state index in [0.717, 1.165) is 11.3 Å². The molecular weight excluding hydrogens is 290 g/mol. The molecule has 0 saturated carbocycles. The van der Waals surface area contributed by atoms with E-state index in [2.05, 4.69) is 29.5 Å². The summed E-state index contributed by atoms with van der Waals surface area (Å²) in [7, 11) is 0. The third kappa shape index (κ3) is 5.62. The Morgan fingerprint density at radius 3 is 2.52 bits per heavy atom. The fourth-order valence-corrected chi connectivity index (χ4v) is 2.09. The number of carbonyl (C=O) groups is 1. The van der Waals surface area contributed by atoms with Gasteiger partial charge in [-0.15, -0.1) is 0 Å². The molecule has 0 spiro atoms. The first kappa shape index (κ1) is 16.8. The van der Waals surface area contributed by atoms with Crippen molar-refractivity contribution in [1.82, 2.24) is 15.6 Å². The molecule has 2 rings (SSSR count). The number of rotatable bonds is 6. The van der Waals surface area contributed by atoms with Crippen LogP contribution in [-0.2, 0) is 6.54 Å². The lowest BCUT2D eigenvalue weighted by Crippen LogP contribution is -2.43. The molecule has 0 radical (unpaired) electrons. The molecule has 1 aromatic carbocycles. The van der Waals surface area contributed by atoms with E-state index in [4.69, 9.17) is 4.74 Å². The first-order valence-electron chi connectivity index (χ1n) is 7.74. The molecule has 5 nitrogen and oxygen atoms in total. The Balaban J connectivity index is 1.77. The van der Waals surface area contributed by atoms with E-state index in [-0.39, 0.29) is 6.03 Å². The molecule has 2 aromatic rings. The number of carbonyl (C=O) groups excluding carboxylic acids is 1. The molecule has 2 N–H and O–H groups in total. The van der Waals surface area contributed by atoms with Crippen molar-refractivity contribution in [2.75, 3.05) is 0 Å². The smallest absolute Gasteiger partial charge is 0.317 e. The van der Waals surface area contributed by atoms with Crippen molar-refractivity contribution in [3.8, 4) is 5.75 Å². The van der Waals surface area contributed by atoms with Gasteiger partial charge in [0, 0.05) is 18.9 Å². The molecule has 0 bridgehead atoms. The quantitative estimate of drug-likeness (QED) is 0.803. The van der Waals surface area contributed by atoms with Crippen molar-refractivity contribution in [1.29, 1.82) is 0 Å². The molecule has 0 aliphatic rings. The molecule has 1 aromatic heterocycles. The second kappa shape index (κ2) is 8.17. The van der Waals surface area contributed by atoms with Crippen molar-refractivity contribution in [3.05, 3.63) is 59.9 Å². The van der Waals surface area contributed by atoms with Gasteiger partial charge in [-0.1, -0.05) is 32.0 Å². The zero-order valence-corrected chi connectivity index (χ0v) is 13.7. The fraction of sp³-hybridized carbons (Fsp3) is 0.333. The molecular formula is C18H23N3O2. The van der Waals surface area contributed by atoms with Crippen LogP contribution in [0.1, 0.15) is 37.8 Å². The molecule has 1 unspecified atom stereocenters. The summed E-state index contributed by atoms with van der Waals surface area (Å²) in [6, 6.07) is 11.4. The van der Waals surface area contributed by atoms with Gasteiger partial charge in [0.25, 0.3) is 0 Å². The number of pyridine rings is 1. The highest BCUT2D eigenvalue weighted by atomic mass is 16.5. The normalized spacial score (nSPS) is 11.8. The summed E-state index contributed by atoms with van der Waals surface area (Å²) in [5.74, 6) is 1.22. The van der Waals surface area contributed by atoms with Crippen LogP contribution in [-0.4, -0.2) is 17.2 Å². The third-order valence-corrected chi connectivity index (χ3v) is 3.37. The lowest BCUT2D eigenvalue weighted by Gasteiger charge is -2.17. The standard InChI is InChI=1S/C18H23N3O2/c1-13(2)16-6-8-17(9-7-16)23-14(3)21-18(22)20-12-15-5-4-10-19-11-15/h4-11,13-14H,12H2,1-3H3,(H2,20,21,22). The maximum atomic E-state index is 11.8. The summed E-state index contributed by atoms with van der Waals surface area (Å²) in [5.41, 5.74) is 2.20. The van der Waals surface area contributed by atoms with Gasteiger partial charge in [-0.3, -0.25) is 4.98 Å². The van der Waals surface area contributed by atoms with Crippen molar-refractivity contribution < 1.29 is 9.53 Å². The molecule has 2 amide bonds. The number of aromatic nitrogens is 1. The minimum absolute atomic E-state index is 0.278. The highest BCUT2D eigenvalue weighted by Crippen LogP contribution is 2.19. The summed E-state index contributed by atoms with van der Waals surface area (Å²) < 4.78 is 5.69. The van der Waals surface area contributed by atoms with Crippen LogP contribution in [0.15, 0.2) is 48.8 Å². The van der Waals surface area contributed by atoms with E-state index < -0.39 is 6.23 Å². The highest BCUT2D eigenvalue weighted by molar-refractivity contribution is 5.74. The number of hydrogen-bond donors (Lipinski definition) is 2. The molecule has 0 aliphatic heterocycles. The number of ether oxygens (including phenoxy) is 1. The van der Waals surface area contributed by atoms with E-state index >= 15 is 0 Å². The number of nitrogens with zero attached hydrogens (tertiary/aromatic N) is 1. The van der Waals surface area contributed by atoms with Crippen molar-refractivity contribution in [2.24, 2.45) is 0 Å². The minimum atomic E-state index is -0.422. The summed E-state index contributed by atoms with van der Waals surface area (Å²) >= 11 is 0. The van der Waals surface area contributed by atoms with Crippen LogP contribution in [0.5, 0.6) is 5.75 Å². The Kier molecular flexibility index (Phi) is 5.97. The number of amides is 2. The van der Waals surface area contributed by atoms with Crippen molar-refractivity contribution in [3.63, 3.8) is 0 Å². The van der Waals surface area contributed by atoms with Crippen molar-refractivity contribution in [2.45, 2.75) is 39.5 Å². The largest absolute Gasteiger partial charge is 0.471 e. The molecule has 0 aliphatic carbocycles. The molecule has 1 heterocycles. The number of hydrogen-bond acceptors (Lipinski definition) is 3. The molecule has 0 fully saturated rings. The summed E-state index contributed by atoms with van der Waals surface area (Å²) in [4.78, 5) is 15.8. The maximum Gasteiger partial charge on any atom is 0.317 e. The zero-order chi connectivity index (χ0) is 16.7. The van der Waals surface area contributed by atoms with E-state index in [0.29, 0.717) is 12.5 Å². The van der Waals surface area contributed by atoms with Gasteiger partial charge < -0.3 is 15.4 Å². The van der Waals surface area contributed by atoms with E-state index in [1.165, 1.54) is 5.56 Å². The van der Waals surface area contributed by atoms with Crippen molar-refractivity contribution >= 4 is 6.03 Å². The second-order valence-electron chi connectivity index (χ2n) is 5.67. The summed E-state index contributed by atoms with van der Waals surface area (Å²) in [6.45, 7) is 6.51. The van der Waals surface area contributed by atoms with Crippen LogP contribution in [0.4, 0.5) is 4.79 Å². The molecule has 0 saturated heterocycles. The van der Waals surface area contributed by atoms with Gasteiger partial charge in [-0.2, -0.15) is 0 Å². The molecule has 122 valence electrons. The summed E-state index contributed by atoms with van der Waals surface area (Å²) in [6.07, 6.45) is 2.99. The van der Waals surface area contributed by atoms with Gasteiger partial charge >= 0.3 is 6.03 Å². The van der Waals surface area contributed by atoms with Crippen LogP contribution in [0.3, 0.4) is 0 Å². The van der Waals surface area contributed by atoms with Gasteiger partial charge in [-0.05, 0) is 42.2 Å². The molecule has 23 heavy (non-hydrogen) atoms. The van der Waals surface area contributed by atoms with E-state index in [1.807, 2.05) is 36.4 Å². The summed E-state index contributed by atoms with van der Waals surface area (Å²) in [5, 5.41) is 5.51. The first-order chi connectivity index (χ1) is 11.0. The zero-order valence-electron chi connectivity index (χ0n) is 13.7. The lowest BCUT2D eigenvalue weighted by atomic mass is 10.0. The lowest BCUT2D eigenvalue weighted by molar-refractivity contribution is 0.177. The Hall–Kier alpha value is -2.56. The van der Waals surface area contributed by atoms with Crippen LogP contribution in [0, 0.1) is 0 Å². The molecule has 1 atom stereocenters. The molecule has 5 heteroatoms. The minimum Gasteiger partial charge on any atom is -0.471 e. The van der Waals surface area contributed by atoms with E-state index in [9.17, 15) is 4.79 Å². The Labute approximate surface area is 137 Å². The second-order valence-corrected chi connectivity index (χ2v) is 5.67. The van der Waals surface area contributed by atoms with Crippen LogP contribution in [0.2, 0.25) is 0 Å².